The average molecular weight is 589 g/mol. The van der Waals surface area contributed by atoms with E-state index in [9.17, 15) is 13.7 Å². The molecule has 0 radical (unpaired) electrons. The van der Waals surface area contributed by atoms with Gasteiger partial charge in [-0.25, -0.2) is 18.4 Å². The zero-order valence-corrected chi connectivity index (χ0v) is 24.4. The van der Waals surface area contributed by atoms with Gasteiger partial charge in [-0.1, -0.05) is 6.07 Å². The maximum Gasteiger partial charge on any atom is 0.211 e. The third kappa shape index (κ3) is 5.63. The molecular weight excluding hydrogens is 556 g/mol. The molecule has 1 N–H and O–H groups in total. The standard InChI is InChI=1S/C30H32N6O5S/c1-39-28-16-20(3-5-26(28)35-9-11-36(12-10-35)42(2,37)38)25-17-24-29(32-19-33-30(24)34-25)21-4-6-27(22(15-21)18-31)41-23-7-13-40-14-8-23/h3-6,15-17,19,23H,7-14H2,1-2H3,(H,32,33,34). The van der Waals surface area contributed by atoms with Crippen LogP contribution in [0.4, 0.5) is 5.69 Å². The van der Waals surface area contributed by atoms with Crippen molar-refractivity contribution in [3.63, 3.8) is 0 Å². The van der Waals surface area contributed by atoms with Gasteiger partial charge in [0.15, 0.2) is 0 Å². The SMILES string of the molecule is COc1cc(-c2cc3c(-c4ccc(OC5CCOCC5)c(C#N)c4)ncnc3[nH]2)ccc1N1CCN(S(C)(=O)=O)CC1. The van der Waals surface area contributed by atoms with Crippen molar-refractivity contribution in [2.75, 3.05) is 57.7 Å². The van der Waals surface area contributed by atoms with Crippen LogP contribution in [0.1, 0.15) is 18.4 Å². The van der Waals surface area contributed by atoms with Gasteiger partial charge in [-0.2, -0.15) is 9.57 Å². The number of hydrogen-bond acceptors (Lipinski definition) is 9. The number of methoxy groups -OCH3 is 1. The molecule has 218 valence electrons. The quantitative estimate of drug-likeness (QED) is 0.342. The number of nitriles is 1. The van der Waals surface area contributed by atoms with Crippen LogP contribution in [0, 0.1) is 11.3 Å². The molecule has 2 aromatic heterocycles. The summed E-state index contributed by atoms with van der Waals surface area (Å²) in [7, 11) is -1.57. The maximum absolute atomic E-state index is 11.9. The number of fused-ring (bicyclic) bond motifs is 1. The summed E-state index contributed by atoms with van der Waals surface area (Å²) in [5, 5.41) is 10.7. The first-order valence-electron chi connectivity index (χ1n) is 13.8. The average Bonchev–Trinajstić information content (AvgIpc) is 3.46. The van der Waals surface area contributed by atoms with Gasteiger partial charge in [0.25, 0.3) is 0 Å². The molecule has 2 aliphatic rings. The van der Waals surface area contributed by atoms with Gasteiger partial charge < -0.3 is 24.1 Å². The minimum Gasteiger partial charge on any atom is -0.495 e. The van der Waals surface area contributed by atoms with Crippen molar-refractivity contribution in [1.29, 1.82) is 5.26 Å². The highest BCUT2D eigenvalue weighted by Gasteiger charge is 2.25. The summed E-state index contributed by atoms with van der Waals surface area (Å²) < 4.78 is 42.6. The molecule has 4 heterocycles. The highest BCUT2D eigenvalue weighted by molar-refractivity contribution is 7.88. The summed E-state index contributed by atoms with van der Waals surface area (Å²) in [6.07, 6.45) is 4.40. The zero-order valence-electron chi connectivity index (χ0n) is 23.5. The van der Waals surface area contributed by atoms with Gasteiger partial charge in [-0.05, 0) is 36.4 Å². The monoisotopic (exact) mass is 588 g/mol. The van der Waals surface area contributed by atoms with E-state index in [1.54, 1.807) is 7.11 Å². The third-order valence-corrected chi connectivity index (χ3v) is 9.10. The number of benzene rings is 2. The second kappa shape index (κ2) is 11.6. The number of aromatic amines is 1. The van der Waals surface area contributed by atoms with Crippen LogP contribution in [0.5, 0.6) is 11.5 Å². The van der Waals surface area contributed by atoms with Gasteiger partial charge in [0, 0.05) is 61.2 Å². The number of nitrogens with zero attached hydrogens (tertiary/aromatic N) is 5. The second-order valence-corrected chi connectivity index (χ2v) is 12.4. The number of anilines is 1. The van der Waals surface area contributed by atoms with Gasteiger partial charge in [-0.3, -0.25) is 0 Å². The number of ether oxygens (including phenoxy) is 3. The topological polar surface area (TPSA) is 134 Å². The van der Waals surface area contributed by atoms with Crippen molar-refractivity contribution in [3.05, 3.63) is 54.4 Å². The van der Waals surface area contributed by atoms with Crippen molar-refractivity contribution >= 4 is 26.7 Å². The molecule has 0 atom stereocenters. The fourth-order valence-electron chi connectivity index (χ4n) is 5.53. The number of hydrogen-bond donors (Lipinski definition) is 1. The van der Waals surface area contributed by atoms with E-state index in [0.717, 1.165) is 40.7 Å². The maximum atomic E-state index is 11.9. The molecule has 2 aromatic carbocycles. The predicted molar refractivity (Wildman–Crippen MR) is 159 cm³/mol. The van der Waals surface area contributed by atoms with E-state index in [2.05, 4.69) is 25.9 Å². The van der Waals surface area contributed by atoms with E-state index in [4.69, 9.17) is 14.2 Å². The van der Waals surface area contributed by atoms with Crippen LogP contribution in [0.2, 0.25) is 0 Å². The smallest absolute Gasteiger partial charge is 0.211 e. The number of sulfonamides is 1. The summed E-state index contributed by atoms with van der Waals surface area (Å²) >= 11 is 0. The Morgan fingerprint density at radius 1 is 1.00 bits per heavy atom. The van der Waals surface area contributed by atoms with Crippen molar-refractivity contribution in [3.8, 4) is 40.1 Å². The molecule has 12 heteroatoms. The fraction of sp³-hybridized carbons (Fsp3) is 0.367. The molecule has 0 amide bonds. The Kier molecular flexibility index (Phi) is 7.72. The van der Waals surface area contributed by atoms with E-state index in [-0.39, 0.29) is 6.10 Å². The summed E-state index contributed by atoms with van der Waals surface area (Å²) in [5.74, 6) is 1.27. The van der Waals surface area contributed by atoms with E-state index in [0.29, 0.717) is 67.8 Å². The van der Waals surface area contributed by atoms with Crippen molar-refractivity contribution in [2.45, 2.75) is 18.9 Å². The third-order valence-electron chi connectivity index (χ3n) is 7.80. The summed E-state index contributed by atoms with van der Waals surface area (Å²) in [5.41, 5.74) is 5.31. The summed E-state index contributed by atoms with van der Waals surface area (Å²) in [6, 6.07) is 15.8. The Bertz CT molecular complexity index is 1750. The Hall–Kier alpha value is -4.18. The lowest BCUT2D eigenvalue weighted by molar-refractivity contribution is 0.0254. The fourth-order valence-corrected chi connectivity index (χ4v) is 6.36. The molecule has 0 aliphatic carbocycles. The van der Waals surface area contributed by atoms with Gasteiger partial charge in [0.2, 0.25) is 10.0 Å². The van der Waals surface area contributed by atoms with Crippen molar-refractivity contribution < 1.29 is 22.6 Å². The minimum absolute atomic E-state index is 0.0372. The number of nitrogens with one attached hydrogen (secondary N) is 1. The number of piperazine rings is 1. The molecule has 2 fully saturated rings. The first kappa shape index (κ1) is 28.0. The van der Waals surface area contributed by atoms with Gasteiger partial charge in [-0.15, -0.1) is 0 Å². The number of aromatic nitrogens is 3. The first-order chi connectivity index (χ1) is 20.3. The summed E-state index contributed by atoms with van der Waals surface area (Å²) in [6.45, 7) is 3.36. The molecule has 4 aromatic rings. The lowest BCUT2D eigenvalue weighted by Crippen LogP contribution is -2.48. The zero-order chi connectivity index (χ0) is 29.3. The van der Waals surface area contributed by atoms with Gasteiger partial charge >= 0.3 is 0 Å². The molecule has 0 saturated carbocycles. The second-order valence-electron chi connectivity index (χ2n) is 10.5. The summed E-state index contributed by atoms with van der Waals surface area (Å²) in [4.78, 5) is 14.5. The Morgan fingerprint density at radius 3 is 2.48 bits per heavy atom. The Labute approximate surface area is 244 Å². The van der Waals surface area contributed by atoms with Gasteiger partial charge in [0.1, 0.15) is 35.6 Å². The Morgan fingerprint density at radius 2 is 1.76 bits per heavy atom. The molecule has 0 spiro atoms. The molecule has 11 nitrogen and oxygen atoms in total. The van der Waals surface area contributed by atoms with Gasteiger partial charge in [0.05, 0.1) is 43.5 Å². The normalized spacial score (nSPS) is 16.8. The van der Waals surface area contributed by atoms with Crippen molar-refractivity contribution in [1.82, 2.24) is 19.3 Å². The van der Waals surface area contributed by atoms with Crippen LogP contribution in [0.3, 0.4) is 0 Å². The number of H-pyrrole nitrogens is 1. The van der Waals surface area contributed by atoms with E-state index in [1.165, 1.54) is 16.9 Å². The molecular formula is C30H32N6O5S. The largest absolute Gasteiger partial charge is 0.495 e. The molecule has 6 rings (SSSR count). The lowest BCUT2D eigenvalue weighted by Gasteiger charge is -2.35. The first-order valence-corrected chi connectivity index (χ1v) is 15.7. The minimum atomic E-state index is -3.20. The van der Waals surface area contributed by atoms with Crippen LogP contribution < -0.4 is 14.4 Å². The van der Waals surface area contributed by atoms with Crippen LogP contribution >= 0.6 is 0 Å². The number of rotatable bonds is 7. The molecule has 0 unspecified atom stereocenters. The molecule has 0 bridgehead atoms. The van der Waals surface area contributed by atoms with E-state index < -0.39 is 10.0 Å². The van der Waals surface area contributed by atoms with E-state index in [1.807, 2.05) is 42.5 Å². The highest BCUT2D eigenvalue weighted by atomic mass is 32.2. The van der Waals surface area contributed by atoms with Crippen LogP contribution in [-0.2, 0) is 14.8 Å². The van der Waals surface area contributed by atoms with Crippen LogP contribution in [0.25, 0.3) is 33.5 Å². The van der Waals surface area contributed by atoms with Crippen molar-refractivity contribution in [2.24, 2.45) is 0 Å². The highest BCUT2D eigenvalue weighted by Crippen LogP contribution is 2.37. The Balaban J connectivity index is 1.27. The molecule has 2 aliphatic heterocycles. The van der Waals surface area contributed by atoms with Crippen LogP contribution in [-0.4, -0.2) is 86.5 Å². The lowest BCUT2D eigenvalue weighted by atomic mass is 10.0. The van der Waals surface area contributed by atoms with Crippen LogP contribution in [0.15, 0.2) is 48.8 Å². The molecule has 42 heavy (non-hydrogen) atoms. The van der Waals surface area contributed by atoms with E-state index >= 15 is 0 Å². The molecule has 2 saturated heterocycles. The predicted octanol–water partition coefficient (Wildman–Crippen LogP) is 3.81.